The summed E-state index contributed by atoms with van der Waals surface area (Å²) in [4.78, 5) is 24.9. The van der Waals surface area contributed by atoms with E-state index in [2.05, 4.69) is 14.9 Å². The number of aliphatic hydroxyl groups is 1. The van der Waals surface area contributed by atoms with Gasteiger partial charge in [0.25, 0.3) is 0 Å². The number of hydrogen-bond donors (Lipinski definition) is 1. The van der Waals surface area contributed by atoms with Crippen LogP contribution in [0.1, 0.15) is 33.6 Å². The van der Waals surface area contributed by atoms with Crippen LogP contribution in [0.2, 0.25) is 0 Å². The highest BCUT2D eigenvalue weighted by Crippen LogP contribution is 2.45. The van der Waals surface area contributed by atoms with Gasteiger partial charge in [-0.05, 0) is 45.1 Å². The zero-order valence-corrected chi connectivity index (χ0v) is 15.3. The number of carbonyl (C=O) groups excluding carboxylic acids is 1. The summed E-state index contributed by atoms with van der Waals surface area (Å²) in [6.45, 7) is 8.70. The zero-order valence-electron chi connectivity index (χ0n) is 15.3. The third kappa shape index (κ3) is 3.86. The van der Waals surface area contributed by atoms with Crippen LogP contribution in [0.4, 0.5) is 10.7 Å². The SMILES string of the molecule is CC(C)(C)OC(=O)N1CCC2(CC1)CN(c1ncccn1)C[C@@H]2CO. The van der Waals surface area contributed by atoms with Crippen LogP contribution in [0.15, 0.2) is 18.5 Å². The smallest absolute Gasteiger partial charge is 0.410 e. The lowest BCUT2D eigenvalue weighted by Crippen LogP contribution is -2.48. The molecule has 7 nitrogen and oxygen atoms in total. The second kappa shape index (κ2) is 6.78. The van der Waals surface area contributed by atoms with Crippen LogP contribution in [0.5, 0.6) is 0 Å². The van der Waals surface area contributed by atoms with Crippen molar-refractivity contribution in [2.75, 3.05) is 37.7 Å². The minimum Gasteiger partial charge on any atom is -0.444 e. The number of carbonyl (C=O) groups is 1. The number of aromatic nitrogens is 2. The lowest BCUT2D eigenvalue weighted by Gasteiger charge is -2.42. The predicted molar refractivity (Wildman–Crippen MR) is 94.3 cm³/mol. The van der Waals surface area contributed by atoms with Gasteiger partial charge in [0.15, 0.2) is 0 Å². The maximum absolute atomic E-state index is 12.3. The molecule has 0 bridgehead atoms. The summed E-state index contributed by atoms with van der Waals surface area (Å²) in [5.41, 5.74) is -0.471. The lowest BCUT2D eigenvalue weighted by atomic mass is 9.71. The van der Waals surface area contributed by atoms with Gasteiger partial charge in [0.05, 0.1) is 0 Å². The molecule has 1 atom stereocenters. The molecule has 1 aromatic heterocycles. The van der Waals surface area contributed by atoms with Crippen LogP contribution >= 0.6 is 0 Å². The number of ether oxygens (including phenoxy) is 1. The Labute approximate surface area is 149 Å². The molecular weight excluding hydrogens is 320 g/mol. The minimum absolute atomic E-state index is 0.00641. The first-order valence-electron chi connectivity index (χ1n) is 8.94. The number of likely N-dealkylation sites (tertiary alicyclic amines) is 1. The lowest BCUT2D eigenvalue weighted by molar-refractivity contribution is 0.00273. The third-order valence-corrected chi connectivity index (χ3v) is 5.28. The molecule has 1 amide bonds. The predicted octanol–water partition coefficient (Wildman–Crippen LogP) is 1.92. The maximum Gasteiger partial charge on any atom is 0.410 e. The van der Waals surface area contributed by atoms with Crippen molar-refractivity contribution in [3.8, 4) is 0 Å². The molecule has 1 aromatic rings. The molecule has 0 unspecified atom stereocenters. The van der Waals surface area contributed by atoms with E-state index in [0.717, 1.165) is 25.9 Å². The molecule has 0 radical (unpaired) electrons. The molecule has 2 saturated heterocycles. The highest BCUT2D eigenvalue weighted by atomic mass is 16.6. The van der Waals surface area contributed by atoms with Gasteiger partial charge in [-0.15, -0.1) is 0 Å². The number of nitrogens with zero attached hydrogens (tertiary/aromatic N) is 4. The second-order valence-corrected chi connectivity index (χ2v) is 8.14. The molecule has 2 aliphatic heterocycles. The summed E-state index contributed by atoms with van der Waals surface area (Å²) >= 11 is 0. The van der Waals surface area contributed by atoms with Crippen molar-refractivity contribution in [1.82, 2.24) is 14.9 Å². The third-order valence-electron chi connectivity index (χ3n) is 5.28. The van der Waals surface area contributed by atoms with Crippen LogP contribution in [0.3, 0.4) is 0 Å². The molecule has 3 rings (SSSR count). The van der Waals surface area contributed by atoms with E-state index in [1.54, 1.807) is 23.4 Å². The molecule has 2 fully saturated rings. The molecule has 3 heterocycles. The molecular formula is C18H28N4O3. The average molecular weight is 348 g/mol. The van der Waals surface area contributed by atoms with Crippen LogP contribution in [-0.2, 0) is 4.74 Å². The molecule has 0 aromatic carbocycles. The Morgan fingerprint density at radius 3 is 2.52 bits per heavy atom. The summed E-state index contributed by atoms with van der Waals surface area (Å²) in [6, 6.07) is 1.80. The van der Waals surface area contributed by atoms with Gasteiger partial charge >= 0.3 is 6.09 Å². The summed E-state index contributed by atoms with van der Waals surface area (Å²) in [6.07, 6.45) is 4.96. The average Bonchev–Trinajstić information content (AvgIpc) is 2.93. The molecule has 1 N–H and O–H groups in total. The van der Waals surface area contributed by atoms with E-state index < -0.39 is 5.60 Å². The molecule has 138 valence electrons. The zero-order chi connectivity index (χ0) is 18.1. The minimum atomic E-state index is -0.478. The van der Waals surface area contributed by atoms with Crippen molar-refractivity contribution in [1.29, 1.82) is 0 Å². The van der Waals surface area contributed by atoms with Gasteiger partial charge in [0.2, 0.25) is 5.95 Å². The van der Waals surface area contributed by atoms with Gasteiger partial charge in [-0.3, -0.25) is 0 Å². The van der Waals surface area contributed by atoms with E-state index in [0.29, 0.717) is 19.0 Å². The van der Waals surface area contributed by atoms with E-state index >= 15 is 0 Å². The topological polar surface area (TPSA) is 78.8 Å². The summed E-state index contributed by atoms with van der Waals surface area (Å²) in [5.74, 6) is 0.893. The summed E-state index contributed by atoms with van der Waals surface area (Å²) in [5, 5.41) is 9.90. The van der Waals surface area contributed by atoms with Gasteiger partial charge in [-0.2, -0.15) is 0 Å². The van der Waals surface area contributed by atoms with Crippen LogP contribution in [-0.4, -0.2) is 64.5 Å². The molecule has 2 aliphatic rings. The number of anilines is 1. The Bertz CT molecular complexity index is 594. The fourth-order valence-electron chi connectivity index (χ4n) is 3.92. The van der Waals surface area contributed by atoms with E-state index in [1.807, 2.05) is 20.8 Å². The second-order valence-electron chi connectivity index (χ2n) is 8.14. The van der Waals surface area contributed by atoms with Crippen LogP contribution < -0.4 is 4.90 Å². The number of aliphatic hydroxyl groups excluding tert-OH is 1. The molecule has 0 aliphatic carbocycles. The summed E-state index contributed by atoms with van der Waals surface area (Å²) < 4.78 is 5.48. The Morgan fingerprint density at radius 2 is 1.96 bits per heavy atom. The number of hydrogen-bond acceptors (Lipinski definition) is 6. The van der Waals surface area contributed by atoms with Gasteiger partial charge < -0.3 is 19.6 Å². The Kier molecular flexibility index (Phi) is 4.86. The Balaban J connectivity index is 1.66. The van der Waals surface area contributed by atoms with Crippen molar-refractivity contribution in [3.63, 3.8) is 0 Å². The van der Waals surface area contributed by atoms with Crippen molar-refractivity contribution >= 4 is 12.0 Å². The van der Waals surface area contributed by atoms with Gasteiger partial charge in [0.1, 0.15) is 5.60 Å². The van der Waals surface area contributed by atoms with Crippen LogP contribution in [0.25, 0.3) is 0 Å². The first kappa shape index (κ1) is 17.9. The molecule has 1 spiro atoms. The van der Waals surface area contributed by atoms with Crippen molar-refractivity contribution in [2.45, 2.75) is 39.2 Å². The summed E-state index contributed by atoms with van der Waals surface area (Å²) in [7, 11) is 0. The number of amides is 1. The van der Waals surface area contributed by atoms with E-state index in [-0.39, 0.29) is 24.0 Å². The first-order valence-corrected chi connectivity index (χ1v) is 8.94. The molecule has 0 saturated carbocycles. The highest BCUT2D eigenvalue weighted by molar-refractivity contribution is 5.68. The fraction of sp³-hybridized carbons (Fsp3) is 0.722. The van der Waals surface area contributed by atoms with Gasteiger partial charge in [-0.1, -0.05) is 0 Å². The van der Waals surface area contributed by atoms with Gasteiger partial charge in [0, 0.05) is 51.1 Å². The van der Waals surface area contributed by atoms with Crippen molar-refractivity contribution in [2.24, 2.45) is 11.3 Å². The maximum atomic E-state index is 12.3. The van der Waals surface area contributed by atoms with E-state index in [1.165, 1.54) is 0 Å². The quantitative estimate of drug-likeness (QED) is 0.880. The molecule has 7 heteroatoms. The molecule has 25 heavy (non-hydrogen) atoms. The van der Waals surface area contributed by atoms with E-state index in [9.17, 15) is 9.90 Å². The van der Waals surface area contributed by atoms with Crippen molar-refractivity contribution < 1.29 is 14.6 Å². The first-order chi connectivity index (χ1) is 11.8. The number of rotatable bonds is 2. The Morgan fingerprint density at radius 1 is 1.32 bits per heavy atom. The monoisotopic (exact) mass is 348 g/mol. The Hall–Kier alpha value is -1.89. The standard InChI is InChI=1S/C18H28N4O3/c1-17(2,3)25-16(24)21-9-5-18(6-10-21)13-22(11-14(18)12-23)15-19-7-4-8-20-15/h4,7-8,14,23H,5-6,9-13H2,1-3H3/t14-/m1/s1. The number of piperidine rings is 1. The fourth-order valence-corrected chi connectivity index (χ4v) is 3.92. The highest BCUT2D eigenvalue weighted by Gasteiger charge is 2.49. The van der Waals surface area contributed by atoms with Gasteiger partial charge in [-0.25, -0.2) is 14.8 Å². The normalized spacial score (nSPS) is 23.1. The van der Waals surface area contributed by atoms with Crippen molar-refractivity contribution in [3.05, 3.63) is 18.5 Å². The van der Waals surface area contributed by atoms with E-state index in [4.69, 9.17) is 4.74 Å². The van der Waals surface area contributed by atoms with Crippen LogP contribution in [0, 0.1) is 11.3 Å². The largest absolute Gasteiger partial charge is 0.444 e.